The molecule has 0 aliphatic carbocycles. The van der Waals surface area contributed by atoms with E-state index < -0.39 is 0 Å². The first-order valence-corrected chi connectivity index (χ1v) is 14.0. The Labute approximate surface area is 212 Å². The first kappa shape index (κ1) is 28.5. The summed E-state index contributed by atoms with van der Waals surface area (Å²) in [6.45, 7) is 17.0. The van der Waals surface area contributed by atoms with E-state index in [1.54, 1.807) is 11.3 Å². The Kier molecular flexibility index (Phi) is 11.7. The smallest absolute Gasteiger partial charge is 0.270 e. The highest BCUT2D eigenvalue weighted by Gasteiger charge is 2.28. The fraction of sp³-hybridized carbons (Fsp3) is 0.655. The standard InChI is InChI=1S/C29H47N3OS/c1-9-15-32(8)27(22(6)7)18-25(21(4)5)29-31-26(19-34-29)28(33)30-24(16-20(2)3)17-23-13-11-10-12-14-23/h10-14,19-22,24-25,27H,9,15-18H2,1-8H3,(H,30,33). The van der Waals surface area contributed by atoms with Gasteiger partial charge in [0.1, 0.15) is 5.69 Å². The predicted molar refractivity (Wildman–Crippen MR) is 147 cm³/mol. The predicted octanol–water partition coefficient (Wildman–Crippen LogP) is 7.03. The fourth-order valence-electron chi connectivity index (χ4n) is 4.88. The number of hydrogen-bond donors (Lipinski definition) is 1. The zero-order chi connectivity index (χ0) is 25.3. The lowest BCUT2D eigenvalue weighted by Gasteiger charge is -2.34. The van der Waals surface area contributed by atoms with E-state index in [0.717, 1.165) is 37.2 Å². The van der Waals surface area contributed by atoms with Crippen molar-refractivity contribution in [1.29, 1.82) is 0 Å². The second-order valence-corrected chi connectivity index (χ2v) is 11.8. The summed E-state index contributed by atoms with van der Waals surface area (Å²) in [6, 6.07) is 11.0. The Hall–Kier alpha value is -1.72. The summed E-state index contributed by atoms with van der Waals surface area (Å²) < 4.78 is 0. The van der Waals surface area contributed by atoms with E-state index >= 15 is 0 Å². The highest BCUT2D eigenvalue weighted by Crippen LogP contribution is 2.34. The monoisotopic (exact) mass is 485 g/mol. The maximum Gasteiger partial charge on any atom is 0.270 e. The third kappa shape index (κ3) is 8.81. The van der Waals surface area contributed by atoms with Gasteiger partial charge in [-0.25, -0.2) is 4.98 Å². The number of carbonyl (C=O) groups excluding carboxylic acids is 1. The Morgan fingerprint density at radius 1 is 1.03 bits per heavy atom. The van der Waals surface area contributed by atoms with Gasteiger partial charge in [0.2, 0.25) is 0 Å². The minimum absolute atomic E-state index is 0.0462. The van der Waals surface area contributed by atoms with E-state index in [4.69, 9.17) is 4.98 Å². The van der Waals surface area contributed by atoms with Crippen LogP contribution in [0.15, 0.2) is 35.7 Å². The van der Waals surface area contributed by atoms with Crippen molar-refractivity contribution < 1.29 is 4.79 Å². The molecule has 1 aromatic carbocycles. The van der Waals surface area contributed by atoms with Crippen LogP contribution in [0.4, 0.5) is 0 Å². The van der Waals surface area contributed by atoms with Gasteiger partial charge in [-0.15, -0.1) is 11.3 Å². The van der Waals surface area contributed by atoms with Crippen LogP contribution in [0.1, 0.15) is 94.7 Å². The van der Waals surface area contributed by atoms with Gasteiger partial charge in [-0.1, -0.05) is 78.8 Å². The second-order valence-electron chi connectivity index (χ2n) is 10.9. The largest absolute Gasteiger partial charge is 0.348 e. The fourth-order valence-corrected chi connectivity index (χ4v) is 5.97. The zero-order valence-electron chi connectivity index (χ0n) is 22.7. The van der Waals surface area contributed by atoms with Crippen LogP contribution in [0.2, 0.25) is 0 Å². The van der Waals surface area contributed by atoms with Gasteiger partial charge in [-0.2, -0.15) is 0 Å². The molecule has 0 radical (unpaired) electrons. The van der Waals surface area contributed by atoms with Crippen molar-refractivity contribution in [3.63, 3.8) is 0 Å². The number of amides is 1. The van der Waals surface area contributed by atoms with Gasteiger partial charge >= 0.3 is 0 Å². The van der Waals surface area contributed by atoms with Crippen molar-refractivity contribution in [2.45, 2.75) is 92.2 Å². The summed E-state index contributed by atoms with van der Waals surface area (Å²) in [7, 11) is 2.24. The molecule has 1 heterocycles. The molecule has 3 unspecified atom stereocenters. The van der Waals surface area contributed by atoms with Crippen LogP contribution in [0, 0.1) is 17.8 Å². The molecule has 0 bridgehead atoms. The van der Waals surface area contributed by atoms with Gasteiger partial charge in [-0.3, -0.25) is 4.79 Å². The summed E-state index contributed by atoms with van der Waals surface area (Å²) >= 11 is 1.65. The van der Waals surface area contributed by atoms with E-state index in [-0.39, 0.29) is 11.9 Å². The molecular formula is C29H47N3OS. The molecule has 2 aromatic rings. The van der Waals surface area contributed by atoms with Crippen molar-refractivity contribution in [3.05, 3.63) is 52.0 Å². The third-order valence-corrected chi connectivity index (χ3v) is 7.68. The quantitative estimate of drug-likeness (QED) is 0.312. The zero-order valence-corrected chi connectivity index (χ0v) is 23.5. The van der Waals surface area contributed by atoms with Gasteiger partial charge in [0, 0.05) is 23.4 Å². The first-order chi connectivity index (χ1) is 16.1. The van der Waals surface area contributed by atoms with Crippen molar-refractivity contribution in [1.82, 2.24) is 15.2 Å². The maximum absolute atomic E-state index is 13.2. The van der Waals surface area contributed by atoms with Crippen LogP contribution in [-0.4, -0.2) is 41.5 Å². The summed E-state index contributed by atoms with van der Waals surface area (Å²) in [5, 5.41) is 6.34. The molecule has 5 heteroatoms. The molecule has 0 fully saturated rings. The van der Waals surface area contributed by atoms with Crippen LogP contribution < -0.4 is 5.32 Å². The number of benzene rings is 1. The Bertz CT molecular complexity index is 846. The van der Waals surface area contributed by atoms with Crippen molar-refractivity contribution >= 4 is 17.2 Å². The number of aromatic nitrogens is 1. The molecule has 3 atom stereocenters. The molecule has 0 spiro atoms. The Balaban J connectivity index is 2.15. The molecule has 1 amide bonds. The molecular weight excluding hydrogens is 438 g/mol. The van der Waals surface area contributed by atoms with Crippen LogP contribution in [0.3, 0.4) is 0 Å². The SMILES string of the molecule is CCCN(C)C(CC(c1nc(C(=O)NC(Cc2ccccc2)CC(C)C)cs1)C(C)C)C(C)C. The van der Waals surface area contributed by atoms with Crippen molar-refractivity contribution in [2.75, 3.05) is 13.6 Å². The average Bonchev–Trinajstić information content (AvgIpc) is 3.24. The second kappa shape index (κ2) is 14.0. The molecule has 1 N–H and O–H groups in total. The van der Waals surface area contributed by atoms with E-state index in [9.17, 15) is 4.79 Å². The minimum Gasteiger partial charge on any atom is -0.348 e. The summed E-state index contributed by atoms with van der Waals surface area (Å²) in [4.78, 5) is 20.6. The topological polar surface area (TPSA) is 45.2 Å². The molecule has 34 heavy (non-hydrogen) atoms. The average molecular weight is 486 g/mol. The lowest BCUT2D eigenvalue weighted by atomic mass is 9.85. The molecule has 0 aliphatic heterocycles. The van der Waals surface area contributed by atoms with E-state index in [1.807, 2.05) is 11.4 Å². The van der Waals surface area contributed by atoms with Crippen LogP contribution in [-0.2, 0) is 6.42 Å². The summed E-state index contributed by atoms with van der Waals surface area (Å²) in [5.74, 6) is 1.88. The van der Waals surface area contributed by atoms with Gasteiger partial charge in [0.15, 0.2) is 0 Å². The Morgan fingerprint density at radius 2 is 1.71 bits per heavy atom. The van der Waals surface area contributed by atoms with Gasteiger partial charge in [0.05, 0.1) is 5.01 Å². The Morgan fingerprint density at radius 3 is 2.26 bits per heavy atom. The first-order valence-electron chi connectivity index (χ1n) is 13.1. The lowest BCUT2D eigenvalue weighted by Crippen LogP contribution is -2.38. The minimum atomic E-state index is -0.0462. The number of carbonyl (C=O) groups is 1. The molecule has 2 rings (SSSR count). The highest BCUT2D eigenvalue weighted by molar-refractivity contribution is 7.09. The van der Waals surface area contributed by atoms with Crippen molar-refractivity contribution in [3.8, 4) is 0 Å². The summed E-state index contributed by atoms with van der Waals surface area (Å²) in [5.41, 5.74) is 1.82. The third-order valence-electron chi connectivity index (χ3n) is 6.70. The van der Waals surface area contributed by atoms with Crippen LogP contribution in [0.25, 0.3) is 0 Å². The molecule has 190 valence electrons. The highest BCUT2D eigenvalue weighted by atomic mass is 32.1. The number of thiazole rings is 1. The number of hydrogen-bond acceptors (Lipinski definition) is 4. The maximum atomic E-state index is 13.2. The number of rotatable bonds is 14. The summed E-state index contributed by atoms with van der Waals surface area (Å²) in [6.07, 6.45) is 4.03. The molecule has 0 saturated heterocycles. The molecule has 0 saturated carbocycles. The van der Waals surface area contributed by atoms with E-state index in [2.05, 4.69) is 90.0 Å². The molecule has 0 aliphatic rings. The van der Waals surface area contributed by atoms with Crippen molar-refractivity contribution in [2.24, 2.45) is 17.8 Å². The van der Waals surface area contributed by atoms with E-state index in [0.29, 0.717) is 35.4 Å². The number of nitrogens with one attached hydrogen (secondary N) is 1. The van der Waals surface area contributed by atoms with Crippen LogP contribution in [0.5, 0.6) is 0 Å². The molecule has 1 aromatic heterocycles. The van der Waals surface area contributed by atoms with Crippen LogP contribution >= 0.6 is 11.3 Å². The lowest BCUT2D eigenvalue weighted by molar-refractivity contribution is 0.0927. The normalized spacial score (nSPS) is 14.7. The van der Waals surface area contributed by atoms with Gasteiger partial charge in [-0.05, 0) is 62.6 Å². The van der Waals surface area contributed by atoms with Gasteiger partial charge in [0.25, 0.3) is 5.91 Å². The van der Waals surface area contributed by atoms with Gasteiger partial charge < -0.3 is 10.2 Å². The number of nitrogens with zero attached hydrogens (tertiary/aromatic N) is 2. The van der Waals surface area contributed by atoms with E-state index in [1.165, 1.54) is 5.56 Å². The molecule has 4 nitrogen and oxygen atoms in total.